The van der Waals surface area contributed by atoms with E-state index in [1.54, 1.807) is 6.07 Å². The van der Waals surface area contributed by atoms with Crippen LogP contribution in [0.15, 0.2) is 72.9 Å². The van der Waals surface area contributed by atoms with Gasteiger partial charge >= 0.3 is 0 Å². The van der Waals surface area contributed by atoms with Crippen LogP contribution in [-0.2, 0) is 0 Å². The molecule has 0 spiro atoms. The third kappa shape index (κ3) is 2.80. The Morgan fingerprint density at radius 3 is 2.75 bits per heavy atom. The van der Waals surface area contributed by atoms with Crippen LogP contribution >= 0.6 is 0 Å². The van der Waals surface area contributed by atoms with Crippen molar-refractivity contribution in [2.24, 2.45) is 0 Å². The highest BCUT2D eigenvalue weighted by atomic mass is 15.3. The summed E-state index contributed by atoms with van der Waals surface area (Å²) in [4.78, 5) is 6.87. The van der Waals surface area contributed by atoms with Crippen molar-refractivity contribution in [3.8, 4) is 17.3 Å². The summed E-state index contributed by atoms with van der Waals surface area (Å²) in [6.07, 6.45) is 4.10. The summed E-state index contributed by atoms with van der Waals surface area (Å²) >= 11 is 0. The molecule has 0 saturated carbocycles. The van der Waals surface area contributed by atoms with Crippen molar-refractivity contribution in [2.45, 2.75) is 18.9 Å². The zero-order chi connectivity index (χ0) is 18.9. The Bertz CT molecular complexity index is 1170. The predicted molar refractivity (Wildman–Crippen MR) is 109 cm³/mol. The highest BCUT2D eigenvalue weighted by molar-refractivity contribution is 5.65. The second-order valence-corrected chi connectivity index (χ2v) is 7.06. The monoisotopic (exact) mass is 365 g/mol. The Hall–Kier alpha value is -3.65. The van der Waals surface area contributed by atoms with Gasteiger partial charge in [-0.25, -0.2) is 9.50 Å². The van der Waals surface area contributed by atoms with E-state index >= 15 is 0 Å². The molecule has 3 heterocycles. The predicted octanol–water partition coefficient (Wildman–Crippen LogP) is 4.61. The molecule has 1 aliphatic heterocycles. The first-order valence-corrected chi connectivity index (χ1v) is 9.50. The molecule has 0 bridgehead atoms. The van der Waals surface area contributed by atoms with Crippen molar-refractivity contribution < 1.29 is 0 Å². The van der Waals surface area contributed by atoms with E-state index in [0.717, 1.165) is 42.1 Å². The number of anilines is 1. The first kappa shape index (κ1) is 16.5. The molecule has 28 heavy (non-hydrogen) atoms. The lowest BCUT2D eigenvalue weighted by atomic mass is 10.0. The SMILES string of the molecule is N#Cc1cccc(-c2cnc3ccc(N4CCCC4c4ccccc4)nn23)c1. The van der Waals surface area contributed by atoms with E-state index in [2.05, 4.69) is 52.4 Å². The molecule has 5 heteroatoms. The van der Waals surface area contributed by atoms with E-state index in [1.807, 2.05) is 35.0 Å². The summed E-state index contributed by atoms with van der Waals surface area (Å²) in [5.74, 6) is 0.953. The number of nitriles is 1. The second-order valence-electron chi connectivity index (χ2n) is 7.06. The van der Waals surface area contributed by atoms with Crippen molar-refractivity contribution in [1.29, 1.82) is 5.26 Å². The van der Waals surface area contributed by atoms with Gasteiger partial charge in [0.05, 0.1) is 29.6 Å². The van der Waals surface area contributed by atoms with Crippen LogP contribution in [0.1, 0.15) is 30.0 Å². The van der Waals surface area contributed by atoms with E-state index in [0.29, 0.717) is 11.6 Å². The molecule has 1 unspecified atom stereocenters. The van der Waals surface area contributed by atoms with Gasteiger partial charge < -0.3 is 4.90 Å². The number of hydrogen-bond donors (Lipinski definition) is 0. The molecule has 1 saturated heterocycles. The number of rotatable bonds is 3. The zero-order valence-corrected chi connectivity index (χ0v) is 15.4. The topological polar surface area (TPSA) is 57.2 Å². The molecule has 2 aromatic carbocycles. The molecule has 5 nitrogen and oxygen atoms in total. The molecule has 1 aliphatic rings. The standard InChI is InChI=1S/C23H19N5/c24-15-17-6-4-9-19(14-17)21-16-25-22-11-12-23(26-28(21)22)27-13-5-10-20(27)18-7-2-1-3-8-18/h1-4,6-9,11-12,14,16,20H,5,10,13H2. The molecule has 1 fully saturated rings. The molecule has 1 atom stereocenters. The number of imidazole rings is 1. The Labute approximate surface area is 163 Å². The van der Waals surface area contributed by atoms with Gasteiger partial charge in [0.1, 0.15) is 5.82 Å². The minimum absolute atomic E-state index is 0.347. The van der Waals surface area contributed by atoms with Gasteiger partial charge in [-0.1, -0.05) is 42.5 Å². The minimum Gasteiger partial charge on any atom is -0.348 e. The maximum Gasteiger partial charge on any atom is 0.154 e. The van der Waals surface area contributed by atoms with E-state index in [-0.39, 0.29) is 0 Å². The van der Waals surface area contributed by atoms with Crippen molar-refractivity contribution in [1.82, 2.24) is 14.6 Å². The average molecular weight is 365 g/mol. The van der Waals surface area contributed by atoms with Crippen LogP contribution in [0.4, 0.5) is 5.82 Å². The third-order valence-corrected chi connectivity index (χ3v) is 5.37. The fraction of sp³-hybridized carbons (Fsp3) is 0.174. The number of benzene rings is 2. The zero-order valence-electron chi connectivity index (χ0n) is 15.4. The van der Waals surface area contributed by atoms with E-state index in [9.17, 15) is 5.26 Å². The summed E-state index contributed by atoms with van der Waals surface area (Å²) in [5.41, 5.74) is 4.60. The van der Waals surface area contributed by atoms with Crippen LogP contribution in [0, 0.1) is 11.3 Å². The first-order valence-electron chi connectivity index (χ1n) is 9.50. The maximum absolute atomic E-state index is 9.20. The Morgan fingerprint density at radius 1 is 1.00 bits per heavy atom. The first-order chi connectivity index (χ1) is 13.8. The van der Waals surface area contributed by atoms with Gasteiger partial charge in [0.2, 0.25) is 0 Å². The van der Waals surface area contributed by atoms with E-state index in [4.69, 9.17) is 5.10 Å². The van der Waals surface area contributed by atoms with Gasteiger partial charge in [0.15, 0.2) is 5.65 Å². The highest BCUT2D eigenvalue weighted by Gasteiger charge is 2.27. The van der Waals surface area contributed by atoms with Crippen LogP contribution in [-0.4, -0.2) is 21.1 Å². The lowest BCUT2D eigenvalue weighted by Gasteiger charge is -2.26. The molecule has 0 amide bonds. The summed E-state index contributed by atoms with van der Waals surface area (Å²) < 4.78 is 1.88. The molecule has 0 radical (unpaired) electrons. The average Bonchev–Trinajstić information content (AvgIpc) is 3.41. The van der Waals surface area contributed by atoms with Gasteiger partial charge in [-0.15, -0.1) is 5.10 Å². The second kappa shape index (κ2) is 6.82. The molecular weight excluding hydrogens is 346 g/mol. The largest absolute Gasteiger partial charge is 0.348 e. The minimum atomic E-state index is 0.347. The number of fused-ring (bicyclic) bond motifs is 1. The van der Waals surface area contributed by atoms with E-state index in [1.165, 1.54) is 5.56 Å². The van der Waals surface area contributed by atoms with Crippen LogP contribution in [0.3, 0.4) is 0 Å². The normalized spacial score (nSPS) is 16.4. The number of nitrogens with zero attached hydrogens (tertiary/aromatic N) is 5. The summed E-state index contributed by atoms with van der Waals surface area (Å²) in [5, 5.41) is 14.1. The highest BCUT2D eigenvalue weighted by Crippen LogP contribution is 2.35. The van der Waals surface area contributed by atoms with Gasteiger partial charge in [0.25, 0.3) is 0 Å². The van der Waals surface area contributed by atoms with Crippen LogP contribution < -0.4 is 4.90 Å². The lowest BCUT2D eigenvalue weighted by Crippen LogP contribution is -2.24. The smallest absolute Gasteiger partial charge is 0.154 e. The molecule has 136 valence electrons. The van der Waals surface area contributed by atoms with Crippen LogP contribution in [0.5, 0.6) is 0 Å². The molecule has 0 N–H and O–H groups in total. The molecule has 4 aromatic rings. The van der Waals surface area contributed by atoms with Gasteiger partial charge in [-0.05, 0) is 42.7 Å². The van der Waals surface area contributed by atoms with E-state index < -0.39 is 0 Å². The quantitative estimate of drug-likeness (QED) is 0.532. The number of hydrogen-bond acceptors (Lipinski definition) is 4. The Morgan fingerprint density at radius 2 is 1.89 bits per heavy atom. The van der Waals surface area contributed by atoms with Gasteiger partial charge in [-0.2, -0.15) is 5.26 Å². The summed E-state index contributed by atoms with van der Waals surface area (Å²) in [7, 11) is 0. The van der Waals surface area contributed by atoms with Crippen LogP contribution in [0.25, 0.3) is 16.9 Å². The molecule has 5 rings (SSSR count). The maximum atomic E-state index is 9.20. The Kier molecular flexibility index (Phi) is 4.02. The molecule has 0 aliphatic carbocycles. The lowest BCUT2D eigenvalue weighted by molar-refractivity contribution is 0.702. The van der Waals surface area contributed by atoms with Crippen molar-refractivity contribution in [3.05, 3.63) is 84.1 Å². The fourth-order valence-corrected chi connectivity index (χ4v) is 4.02. The van der Waals surface area contributed by atoms with Crippen molar-refractivity contribution >= 4 is 11.5 Å². The molecule has 2 aromatic heterocycles. The van der Waals surface area contributed by atoms with Gasteiger partial charge in [-0.3, -0.25) is 0 Å². The number of aromatic nitrogens is 3. The van der Waals surface area contributed by atoms with Crippen molar-refractivity contribution in [2.75, 3.05) is 11.4 Å². The van der Waals surface area contributed by atoms with Crippen LogP contribution in [0.2, 0.25) is 0 Å². The summed E-state index contributed by atoms with van der Waals surface area (Å²) in [6, 6.07) is 24.8. The molecular formula is C23H19N5. The van der Waals surface area contributed by atoms with Crippen molar-refractivity contribution in [3.63, 3.8) is 0 Å². The third-order valence-electron chi connectivity index (χ3n) is 5.37. The summed E-state index contributed by atoms with van der Waals surface area (Å²) in [6.45, 7) is 0.992. The fourth-order valence-electron chi connectivity index (χ4n) is 4.02. The Balaban J connectivity index is 1.57. The van der Waals surface area contributed by atoms with Gasteiger partial charge in [0, 0.05) is 12.1 Å².